The van der Waals surface area contributed by atoms with E-state index in [0.717, 1.165) is 15.6 Å². The Kier molecular flexibility index (Phi) is 7.40. The highest BCUT2D eigenvalue weighted by Crippen LogP contribution is 2.34. The third-order valence-electron chi connectivity index (χ3n) is 4.08. The van der Waals surface area contributed by atoms with Crippen molar-refractivity contribution in [2.45, 2.75) is 13.5 Å². The van der Waals surface area contributed by atoms with E-state index in [4.69, 9.17) is 9.47 Å². The number of ether oxygens (including phenoxy) is 2. The number of rotatable bonds is 9. The molecule has 3 aromatic carbocycles. The number of non-ortho nitro benzene ring substituents is 1. The predicted molar refractivity (Wildman–Crippen MR) is 120 cm³/mol. The summed E-state index contributed by atoms with van der Waals surface area (Å²) in [5, 5.41) is 14.9. The van der Waals surface area contributed by atoms with Crippen molar-refractivity contribution in [3.8, 4) is 11.5 Å². The highest BCUT2D eigenvalue weighted by molar-refractivity contribution is 9.10. The van der Waals surface area contributed by atoms with Crippen LogP contribution < -0.4 is 14.9 Å². The number of nitro benzene ring substituents is 1. The van der Waals surface area contributed by atoms with E-state index in [-0.39, 0.29) is 5.69 Å². The first-order valence-electron chi connectivity index (χ1n) is 9.23. The van der Waals surface area contributed by atoms with E-state index >= 15 is 0 Å². The lowest BCUT2D eigenvalue weighted by Gasteiger charge is -2.14. The van der Waals surface area contributed by atoms with Crippen LogP contribution in [0.1, 0.15) is 18.1 Å². The van der Waals surface area contributed by atoms with Gasteiger partial charge in [-0.25, -0.2) is 0 Å². The zero-order chi connectivity index (χ0) is 21.3. The van der Waals surface area contributed by atoms with Gasteiger partial charge in [-0.1, -0.05) is 30.3 Å². The third kappa shape index (κ3) is 5.81. The Morgan fingerprint density at radius 3 is 2.43 bits per heavy atom. The Hall–Kier alpha value is -3.39. The molecule has 3 aromatic rings. The Balaban J connectivity index is 1.72. The maximum atomic E-state index is 10.7. The molecule has 0 heterocycles. The number of nitrogens with zero attached hydrogens (tertiary/aromatic N) is 2. The average molecular weight is 470 g/mol. The van der Waals surface area contributed by atoms with Crippen LogP contribution in [0.25, 0.3) is 0 Å². The van der Waals surface area contributed by atoms with Crippen LogP contribution in [0.3, 0.4) is 0 Å². The third-order valence-corrected chi connectivity index (χ3v) is 4.76. The van der Waals surface area contributed by atoms with Crippen LogP contribution in [0.15, 0.2) is 76.3 Å². The normalized spacial score (nSPS) is 10.7. The summed E-state index contributed by atoms with van der Waals surface area (Å²) in [7, 11) is 0. The van der Waals surface area contributed by atoms with Gasteiger partial charge in [0.1, 0.15) is 6.61 Å². The molecule has 154 valence electrons. The first kappa shape index (κ1) is 21.3. The molecule has 0 amide bonds. The fourth-order valence-corrected chi connectivity index (χ4v) is 3.02. The highest BCUT2D eigenvalue weighted by atomic mass is 79.9. The Labute approximate surface area is 182 Å². The lowest BCUT2D eigenvalue weighted by molar-refractivity contribution is -0.384. The molecule has 0 aromatic heterocycles. The first-order chi connectivity index (χ1) is 14.6. The largest absolute Gasteiger partial charge is 0.490 e. The second-order valence-corrected chi connectivity index (χ2v) is 7.06. The highest BCUT2D eigenvalue weighted by Gasteiger charge is 2.10. The molecule has 0 aliphatic heterocycles. The minimum absolute atomic E-state index is 0.0275. The molecule has 8 heteroatoms. The Morgan fingerprint density at radius 1 is 1.07 bits per heavy atom. The quantitative estimate of drug-likeness (QED) is 0.243. The van der Waals surface area contributed by atoms with Crippen molar-refractivity contribution >= 4 is 33.5 Å². The lowest BCUT2D eigenvalue weighted by atomic mass is 10.2. The van der Waals surface area contributed by atoms with Crippen molar-refractivity contribution < 1.29 is 14.4 Å². The van der Waals surface area contributed by atoms with E-state index in [2.05, 4.69) is 26.5 Å². The molecule has 0 unspecified atom stereocenters. The van der Waals surface area contributed by atoms with Crippen LogP contribution in [0.5, 0.6) is 11.5 Å². The number of anilines is 1. The van der Waals surface area contributed by atoms with Gasteiger partial charge in [0.2, 0.25) is 0 Å². The van der Waals surface area contributed by atoms with Crippen molar-refractivity contribution in [1.82, 2.24) is 0 Å². The van der Waals surface area contributed by atoms with Crippen molar-refractivity contribution in [3.63, 3.8) is 0 Å². The molecular weight excluding hydrogens is 450 g/mol. The smallest absolute Gasteiger partial charge is 0.269 e. The van der Waals surface area contributed by atoms with Crippen molar-refractivity contribution in [3.05, 3.63) is 92.4 Å². The fraction of sp³-hybridized carbons (Fsp3) is 0.136. The topological polar surface area (TPSA) is 86.0 Å². The number of halogens is 1. The van der Waals surface area contributed by atoms with Crippen LogP contribution >= 0.6 is 15.9 Å². The van der Waals surface area contributed by atoms with Crippen molar-refractivity contribution in [2.75, 3.05) is 12.0 Å². The monoisotopic (exact) mass is 469 g/mol. The lowest BCUT2D eigenvalue weighted by Crippen LogP contribution is -2.01. The number of nitrogens with one attached hydrogen (secondary N) is 1. The maximum absolute atomic E-state index is 10.7. The molecule has 0 spiro atoms. The molecule has 0 aliphatic rings. The van der Waals surface area contributed by atoms with Gasteiger partial charge in [0, 0.05) is 22.2 Å². The van der Waals surface area contributed by atoms with Crippen molar-refractivity contribution in [1.29, 1.82) is 0 Å². The van der Waals surface area contributed by atoms with Crippen molar-refractivity contribution in [2.24, 2.45) is 5.10 Å². The van der Waals surface area contributed by atoms with E-state index in [1.54, 1.807) is 18.3 Å². The molecule has 30 heavy (non-hydrogen) atoms. The van der Waals surface area contributed by atoms with Gasteiger partial charge >= 0.3 is 0 Å². The summed E-state index contributed by atoms with van der Waals surface area (Å²) < 4.78 is 12.5. The van der Waals surface area contributed by atoms with E-state index in [0.29, 0.717) is 30.4 Å². The summed E-state index contributed by atoms with van der Waals surface area (Å²) in [5.74, 6) is 1.25. The Morgan fingerprint density at radius 2 is 1.77 bits per heavy atom. The van der Waals surface area contributed by atoms with E-state index in [9.17, 15) is 10.1 Å². The van der Waals surface area contributed by atoms with Gasteiger partial charge < -0.3 is 9.47 Å². The number of nitro groups is 1. The summed E-state index contributed by atoms with van der Waals surface area (Å²) in [4.78, 5) is 10.3. The number of hydrogen-bond acceptors (Lipinski definition) is 6. The Bertz CT molecular complexity index is 1020. The summed E-state index contributed by atoms with van der Waals surface area (Å²) in [6.45, 7) is 2.84. The van der Waals surface area contributed by atoms with Gasteiger partial charge in [-0.15, -0.1) is 0 Å². The van der Waals surface area contributed by atoms with Gasteiger partial charge in [0.05, 0.1) is 23.4 Å². The first-order valence-corrected chi connectivity index (χ1v) is 10.0. The van der Waals surface area contributed by atoms with E-state index in [1.807, 2.05) is 49.4 Å². The summed E-state index contributed by atoms with van der Waals surface area (Å²) in [6, 6.07) is 19.6. The average Bonchev–Trinajstić information content (AvgIpc) is 2.76. The van der Waals surface area contributed by atoms with Gasteiger partial charge in [-0.3, -0.25) is 15.5 Å². The SMILES string of the molecule is CCOc1cc(/C=N/Nc2ccc([N+](=O)[O-])cc2)c(Br)cc1OCc1ccccc1. The van der Waals surface area contributed by atoms with Crippen LogP contribution in [-0.4, -0.2) is 17.7 Å². The molecule has 0 saturated heterocycles. The molecule has 0 saturated carbocycles. The van der Waals surface area contributed by atoms with Gasteiger partial charge in [-0.2, -0.15) is 5.10 Å². The zero-order valence-corrected chi connectivity index (χ0v) is 17.8. The molecule has 3 rings (SSSR count). The van der Waals surface area contributed by atoms with Gasteiger partial charge in [0.25, 0.3) is 5.69 Å². The van der Waals surface area contributed by atoms with Gasteiger partial charge in [-0.05, 0) is 52.7 Å². The molecule has 0 atom stereocenters. The van der Waals surface area contributed by atoms with Crippen LogP contribution in [0.2, 0.25) is 0 Å². The van der Waals surface area contributed by atoms with Crippen LogP contribution in [0.4, 0.5) is 11.4 Å². The van der Waals surface area contributed by atoms with Crippen LogP contribution in [0, 0.1) is 10.1 Å². The minimum Gasteiger partial charge on any atom is -0.490 e. The molecule has 7 nitrogen and oxygen atoms in total. The van der Waals surface area contributed by atoms with E-state index in [1.165, 1.54) is 12.1 Å². The number of hydrogen-bond donors (Lipinski definition) is 1. The molecule has 0 bridgehead atoms. The van der Waals surface area contributed by atoms with Gasteiger partial charge in [0.15, 0.2) is 11.5 Å². The second kappa shape index (κ2) is 10.4. The molecule has 0 aliphatic carbocycles. The fourth-order valence-electron chi connectivity index (χ4n) is 2.60. The number of hydrazone groups is 1. The standard InChI is InChI=1S/C22H20BrN3O4/c1-2-29-21-12-17(14-24-25-18-8-10-19(11-9-18)26(27)28)20(23)13-22(21)30-15-16-6-4-3-5-7-16/h3-14,25H,2,15H2,1H3/b24-14+. The maximum Gasteiger partial charge on any atom is 0.269 e. The van der Waals surface area contributed by atoms with E-state index < -0.39 is 4.92 Å². The molecule has 0 radical (unpaired) electrons. The zero-order valence-electron chi connectivity index (χ0n) is 16.2. The summed E-state index contributed by atoms with van der Waals surface area (Å²) in [5.41, 5.74) is 5.38. The molecule has 1 N–H and O–H groups in total. The predicted octanol–water partition coefficient (Wildman–Crippen LogP) is 5.78. The van der Waals surface area contributed by atoms with Crippen LogP contribution in [-0.2, 0) is 6.61 Å². The summed E-state index contributed by atoms with van der Waals surface area (Å²) >= 11 is 3.54. The molecule has 0 fully saturated rings. The summed E-state index contributed by atoms with van der Waals surface area (Å²) in [6.07, 6.45) is 1.63. The molecular formula is C22H20BrN3O4. The second-order valence-electron chi connectivity index (χ2n) is 6.20. The number of benzene rings is 3. The minimum atomic E-state index is -0.444.